The molecular weight excluding hydrogens is 501 g/mol. The van der Waals surface area contributed by atoms with Gasteiger partial charge in [0.1, 0.15) is 6.04 Å². The predicted molar refractivity (Wildman–Crippen MR) is 144 cm³/mol. The van der Waals surface area contributed by atoms with E-state index in [1.165, 1.54) is 11.9 Å². The van der Waals surface area contributed by atoms with Crippen LogP contribution in [0.2, 0.25) is 10.0 Å². The summed E-state index contributed by atoms with van der Waals surface area (Å²) in [6, 6.07) is 16.0. The molecule has 0 radical (unpaired) electrons. The number of carbonyl (C=O) groups is 3. The summed E-state index contributed by atoms with van der Waals surface area (Å²) in [4.78, 5) is 38.1. The third-order valence-electron chi connectivity index (χ3n) is 5.74. The minimum atomic E-state index is -1.04. The van der Waals surface area contributed by atoms with E-state index in [1.54, 1.807) is 50.2 Å². The van der Waals surface area contributed by atoms with Crippen molar-refractivity contribution in [3.05, 3.63) is 81.8 Å². The second-order valence-electron chi connectivity index (χ2n) is 8.75. The highest BCUT2D eigenvalue weighted by molar-refractivity contribution is 6.36. The van der Waals surface area contributed by atoms with Gasteiger partial charge in [0.15, 0.2) is 0 Å². The summed E-state index contributed by atoms with van der Waals surface area (Å²) in [6.07, 6.45) is 0. The molecule has 3 aromatic rings. The third-order valence-corrected chi connectivity index (χ3v) is 6.29. The molecular formula is C27H27Cl2N3O4. The van der Waals surface area contributed by atoms with Crippen LogP contribution in [-0.2, 0) is 4.79 Å². The van der Waals surface area contributed by atoms with Gasteiger partial charge in [0.05, 0.1) is 10.7 Å². The van der Waals surface area contributed by atoms with Gasteiger partial charge in [-0.05, 0) is 72.0 Å². The molecule has 1 atom stereocenters. The van der Waals surface area contributed by atoms with Gasteiger partial charge in [0.2, 0.25) is 0 Å². The number of aliphatic carboxylic acids is 1. The molecule has 0 aliphatic heterocycles. The summed E-state index contributed by atoms with van der Waals surface area (Å²) in [5.74, 6) is -1.62. The second kappa shape index (κ2) is 11.5. The predicted octanol–water partition coefficient (Wildman–Crippen LogP) is 6.79. The van der Waals surface area contributed by atoms with Crippen molar-refractivity contribution >= 4 is 52.5 Å². The number of likely N-dealkylation sites (N-methyl/N-ethyl adjacent to an activating group) is 1. The van der Waals surface area contributed by atoms with Crippen LogP contribution in [0.4, 0.5) is 16.2 Å². The first-order chi connectivity index (χ1) is 17.0. The molecule has 0 spiro atoms. The van der Waals surface area contributed by atoms with Crippen LogP contribution in [0.5, 0.6) is 0 Å². The topological polar surface area (TPSA) is 98.7 Å². The van der Waals surface area contributed by atoms with Crippen LogP contribution in [0.15, 0.2) is 60.7 Å². The normalized spacial score (nSPS) is 11.6. The Morgan fingerprint density at radius 3 is 2.00 bits per heavy atom. The van der Waals surface area contributed by atoms with Crippen LogP contribution >= 0.6 is 23.2 Å². The van der Waals surface area contributed by atoms with Crippen LogP contribution in [0.25, 0.3) is 11.1 Å². The van der Waals surface area contributed by atoms with Gasteiger partial charge < -0.3 is 20.6 Å². The monoisotopic (exact) mass is 527 g/mol. The summed E-state index contributed by atoms with van der Waals surface area (Å²) in [5, 5.41) is 15.8. The number of carboxylic acid groups (broad SMARTS) is 1. The Labute approximate surface area is 220 Å². The summed E-state index contributed by atoms with van der Waals surface area (Å²) in [7, 11) is 1.50. The second-order valence-corrected chi connectivity index (χ2v) is 9.60. The molecule has 9 heteroatoms. The van der Waals surface area contributed by atoms with E-state index in [9.17, 15) is 19.5 Å². The lowest BCUT2D eigenvalue weighted by molar-refractivity contribution is -0.143. The van der Waals surface area contributed by atoms with E-state index in [1.807, 2.05) is 31.2 Å². The Morgan fingerprint density at radius 1 is 0.861 bits per heavy atom. The lowest BCUT2D eigenvalue weighted by atomic mass is 9.99. The molecule has 0 bridgehead atoms. The number of nitrogens with one attached hydrogen (secondary N) is 2. The molecule has 3 rings (SSSR count). The summed E-state index contributed by atoms with van der Waals surface area (Å²) >= 11 is 12.0. The molecule has 0 aromatic heterocycles. The SMILES string of the molecule is Cc1cc(-c2ccc(C(=O)N(C)[C@H](C(=O)O)C(C)C)cc2)ccc1NC(=O)Nc1ccc(Cl)cc1Cl. The number of amides is 3. The van der Waals surface area contributed by atoms with Crippen molar-refractivity contribution in [3.63, 3.8) is 0 Å². The van der Waals surface area contributed by atoms with Crippen molar-refractivity contribution in [3.8, 4) is 11.1 Å². The van der Waals surface area contributed by atoms with Crippen molar-refractivity contribution < 1.29 is 19.5 Å². The molecule has 36 heavy (non-hydrogen) atoms. The number of aryl methyl sites for hydroxylation is 1. The largest absolute Gasteiger partial charge is 0.480 e. The Bertz CT molecular complexity index is 1290. The van der Waals surface area contributed by atoms with E-state index in [2.05, 4.69) is 10.6 Å². The number of anilines is 2. The molecule has 0 unspecified atom stereocenters. The van der Waals surface area contributed by atoms with Gasteiger partial charge in [0.25, 0.3) is 5.91 Å². The van der Waals surface area contributed by atoms with E-state index in [0.29, 0.717) is 27.0 Å². The van der Waals surface area contributed by atoms with E-state index in [0.717, 1.165) is 16.7 Å². The number of carboxylic acids is 1. The number of carbonyl (C=O) groups excluding carboxylic acids is 2. The molecule has 0 heterocycles. The van der Waals surface area contributed by atoms with E-state index >= 15 is 0 Å². The van der Waals surface area contributed by atoms with Gasteiger partial charge in [-0.2, -0.15) is 0 Å². The van der Waals surface area contributed by atoms with E-state index in [-0.39, 0.29) is 11.8 Å². The first-order valence-electron chi connectivity index (χ1n) is 11.2. The number of urea groups is 1. The number of hydrogen-bond donors (Lipinski definition) is 3. The molecule has 188 valence electrons. The lowest BCUT2D eigenvalue weighted by Crippen LogP contribution is -2.45. The fourth-order valence-corrected chi connectivity index (χ4v) is 4.34. The average Bonchev–Trinajstić information content (AvgIpc) is 2.81. The highest BCUT2D eigenvalue weighted by Gasteiger charge is 2.30. The highest BCUT2D eigenvalue weighted by Crippen LogP contribution is 2.28. The molecule has 0 aliphatic carbocycles. The molecule has 0 saturated carbocycles. The van der Waals surface area contributed by atoms with Crippen LogP contribution < -0.4 is 10.6 Å². The molecule has 3 aromatic carbocycles. The van der Waals surface area contributed by atoms with Gasteiger partial charge in [0, 0.05) is 23.3 Å². The number of nitrogens with zero attached hydrogens (tertiary/aromatic N) is 1. The van der Waals surface area contributed by atoms with Crippen molar-refractivity contribution in [1.82, 2.24) is 4.90 Å². The van der Waals surface area contributed by atoms with E-state index in [4.69, 9.17) is 23.2 Å². The van der Waals surface area contributed by atoms with Crippen LogP contribution in [-0.4, -0.2) is 41.0 Å². The standard InChI is InChI=1S/C27H27Cl2N3O4/c1-15(2)24(26(34)35)32(4)25(33)18-7-5-17(6-8-18)19-9-11-22(16(3)13-19)30-27(36)31-23-12-10-20(28)14-21(23)29/h5-15,24H,1-4H3,(H,34,35)(H2,30,31,36)/t24-/m0/s1. The quantitative estimate of drug-likeness (QED) is 0.314. The third kappa shape index (κ3) is 6.36. The molecule has 0 fully saturated rings. The average molecular weight is 528 g/mol. The summed E-state index contributed by atoms with van der Waals surface area (Å²) < 4.78 is 0. The Balaban J connectivity index is 1.71. The number of rotatable bonds is 7. The maximum absolute atomic E-state index is 12.8. The lowest BCUT2D eigenvalue weighted by Gasteiger charge is -2.27. The maximum Gasteiger partial charge on any atom is 0.326 e. The van der Waals surface area contributed by atoms with Gasteiger partial charge >= 0.3 is 12.0 Å². The van der Waals surface area contributed by atoms with Crippen LogP contribution in [0.3, 0.4) is 0 Å². The van der Waals surface area contributed by atoms with Crippen molar-refractivity contribution in [2.75, 3.05) is 17.7 Å². The zero-order valence-electron chi connectivity index (χ0n) is 20.3. The van der Waals surface area contributed by atoms with Crippen LogP contribution in [0, 0.1) is 12.8 Å². The smallest absolute Gasteiger partial charge is 0.326 e. The molecule has 7 nitrogen and oxygen atoms in total. The first kappa shape index (κ1) is 27.0. The first-order valence-corrected chi connectivity index (χ1v) is 12.0. The minimum Gasteiger partial charge on any atom is -0.480 e. The fourth-order valence-electron chi connectivity index (χ4n) is 3.88. The number of halogens is 2. The highest BCUT2D eigenvalue weighted by atomic mass is 35.5. The Hall–Kier alpha value is -3.55. The molecule has 3 N–H and O–H groups in total. The zero-order valence-corrected chi connectivity index (χ0v) is 21.8. The van der Waals surface area contributed by atoms with Crippen molar-refractivity contribution in [2.45, 2.75) is 26.8 Å². The fraction of sp³-hybridized carbons (Fsp3) is 0.222. The minimum absolute atomic E-state index is 0.226. The summed E-state index contributed by atoms with van der Waals surface area (Å²) in [5.41, 5.74) is 4.09. The molecule has 0 aliphatic rings. The van der Waals surface area contributed by atoms with E-state index < -0.39 is 18.0 Å². The number of benzene rings is 3. The molecule has 0 saturated heterocycles. The van der Waals surface area contributed by atoms with Crippen molar-refractivity contribution in [2.24, 2.45) is 5.92 Å². The van der Waals surface area contributed by atoms with Gasteiger partial charge in [-0.3, -0.25) is 4.79 Å². The molecule has 3 amide bonds. The Kier molecular flexibility index (Phi) is 8.61. The van der Waals surface area contributed by atoms with Gasteiger partial charge in [-0.25, -0.2) is 9.59 Å². The summed E-state index contributed by atoms with van der Waals surface area (Å²) in [6.45, 7) is 5.41. The zero-order chi connectivity index (χ0) is 26.6. The number of hydrogen-bond acceptors (Lipinski definition) is 3. The van der Waals surface area contributed by atoms with Gasteiger partial charge in [-0.1, -0.05) is 55.2 Å². The maximum atomic E-state index is 12.8. The van der Waals surface area contributed by atoms with Crippen LogP contribution in [0.1, 0.15) is 29.8 Å². The Morgan fingerprint density at radius 2 is 1.44 bits per heavy atom. The van der Waals surface area contributed by atoms with Gasteiger partial charge in [-0.15, -0.1) is 0 Å². The van der Waals surface area contributed by atoms with Crippen molar-refractivity contribution in [1.29, 1.82) is 0 Å².